The number of aliphatic hydroxyl groups is 1. The lowest BCUT2D eigenvalue weighted by atomic mass is 9.60. The van der Waals surface area contributed by atoms with Gasteiger partial charge in [0, 0.05) is 12.6 Å². The molecule has 1 aromatic heterocycles. The first-order chi connectivity index (χ1) is 11.7. The second-order valence-corrected chi connectivity index (χ2v) is 6.67. The van der Waals surface area contributed by atoms with Gasteiger partial charge < -0.3 is 19.6 Å². The number of carbonyl (C=O) groups is 1. The van der Waals surface area contributed by atoms with E-state index >= 15 is 4.39 Å². The molecule has 0 spiro atoms. The summed E-state index contributed by atoms with van der Waals surface area (Å²) in [6.07, 6.45) is -2.61. The van der Waals surface area contributed by atoms with E-state index < -0.39 is 54.0 Å². The maximum atomic E-state index is 15.0. The molecule has 2 rings (SSSR count). The summed E-state index contributed by atoms with van der Waals surface area (Å²) in [6.45, 7) is 0. The van der Waals surface area contributed by atoms with E-state index in [1.54, 1.807) is 4.98 Å². The first-order valence-electron chi connectivity index (χ1n) is 6.67. The number of aldehydes is 1. The van der Waals surface area contributed by atoms with Crippen LogP contribution in [-0.2, 0) is 19.4 Å². The van der Waals surface area contributed by atoms with Crippen molar-refractivity contribution in [3.05, 3.63) is 32.6 Å². The third kappa shape index (κ3) is 3.50. The van der Waals surface area contributed by atoms with Gasteiger partial charge in [-0.15, -0.1) is 0 Å². The summed E-state index contributed by atoms with van der Waals surface area (Å²) in [5.74, 6) is -3.49. The van der Waals surface area contributed by atoms with Gasteiger partial charge >= 0.3 is 13.5 Å². The quantitative estimate of drug-likeness (QED) is 0.231. The number of aromatic amines is 1. The molecule has 6 radical (unpaired) electrons. The molecule has 1 fully saturated rings. The molecule has 134 valence electrons. The summed E-state index contributed by atoms with van der Waals surface area (Å²) in [7, 11) is 10.7. The molecule has 1 aliphatic rings. The Labute approximate surface area is 148 Å². The summed E-state index contributed by atoms with van der Waals surface area (Å²) in [6, 6.07) is 0. The van der Waals surface area contributed by atoms with Crippen LogP contribution < -0.4 is 11.2 Å². The number of carbonyl (C=O) groups excluding carboxylic acids is 1. The minimum atomic E-state index is -5.40. The molecule has 3 atom stereocenters. The zero-order chi connectivity index (χ0) is 20.1. The van der Waals surface area contributed by atoms with Crippen LogP contribution in [0.5, 0.6) is 0 Å². The second kappa shape index (κ2) is 6.29. The van der Waals surface area contributed by atoms with Crippen molar-refractivity contribution < 1.29 is 37.9 Å². The van der Waals surface area contributed by atoms with E-state index in [0.717, 1.165) is 0 Å². The van der Waals surface area contributed by atoms with Gasteiger partial charge in [-0.2, -0.15) is 0 Å². The second-order valence-electron chi connectivity index (χ2n) is 5.51. The normalized spacial score (nSPS) is 29.6. The number of nitrogens with zero attached hydrogens (tertiary/aromatic N) is 1. The molecule has 0 saturated carbocycles. The van der Waals surface area contributed by atoms with Crippen molar-refractivity contribution in [1.29, 1.82) is 0 Å². The number of aliphatic hydroxyl groups excluding tert-OH is 1. The molecule has 2 heterocycles. The smallest absolute Gasteiger partial charge is 0.389 e. The minimum Gasteiger partial charge on any atom is -0.389 e. The van der Waals surface area contributed by atoms with E-state index in [4.69, 9.17) is 38.1 Å². The van der Waals surface area contributed by atoms with E-state index in [1.807, 2.05) is 0 Å². The van der Waals surface area contributed by atoms with E-state index in [-0.39, 0.29) is 10.9 Å². The molecule has 0 amide bonds. The van der Waals surface area contributed by atoms with Crippen LogP contribution >= 0.6 is 7.82 Å². The van der Waals surface area contributed by atoms with Crippen LogP contribution in [-0.4, -0.2) is 71.6 Å². The van der Waals surface area contributed by atoms with Crippen molar-refractivity contribution in [2.24, 2.45) is 0 Å². The van der Waals surface area contributed by atoms with E-state index in [2.05, 4.69) is 4.52 Å². The van der Waals surface area contributed by atoms with Gasteiger partial charge in [0.15, 0.2) is 6.29 Å². The number of phosphoric ester groups is 1. The Morgan fingerprint density at radius 1 is 1.50 bits per heavy atom. The van der Waals surface area contributed by atoms with Crippen LogP contribution in [0.1, 0.15) is 16.8 Å². The van der Waals surface area contributed by atoms with E-state index in [1.165, 1.54) is 0 Å². The molecule has 26 heavy (non-hydrogen) atoms. The van der Waals surface area contributed by atoms with Gasteiger partial charge in [0.2, 0.25) is 5.85 Å². The fourth-order valence-corrected chi connectivity index (χ4v) is 2.84. The first-order valence-corrected chi connectivity index (χ1v) is 8.20. The van der Waals surface area contributed by atoms with Crippen LogP contribution in [0.4, 0.5) is 4.39 Å². The number of rotatable bonds is 5. The molecule has 1 aliphatic heterocycles. The highest BCUT2D eigenvalue weighted by atomic mass is 31.2. The van der Waals surface area contributed by atoms with E-state index in [0.29, 0.717) is 6.20 Å². The molecule has 16 heteroatoms. The minimum absolute atomic E-state index is 0.0508. The van der Waals surface area contributed by atoms with Crippen LogP contribution in [0.15, 0.2) is 15.8 Å². The maximum absolute atomic E-state index is 15.0. The van der Waals surface area contributed by atoms with Crippen molar-refractivity contribution in [3.63, 3.8) is 0 Å². The predicted molar refractivity (Wildman–Crippen MR) is 83.4 cm³/mol. The molecular weight excluding hydrogens is 375 g/mol. The van der Waals surface area contributed by atoms with Gasteiger partial charge in [0.1, 0.15) is 29.2 Å². The Morgan fingerprint density at radius 3 is 2.58 bits per heavy atom. The van der Waals surface area contributed by atoms with Crippen molar-refractivity contribution in [2.75, 3.05) is 0 Å². The molecule has 1 saturated heterocycles. The monoisotopic (exact) mass is 384 g/mol. The Balaban J connectivity index is 2.53. The number of hydrogen-bond donors (Lipinski definition) is 4. The van der Waals surface area contributed by atoms with Crippen molar-refractivity contribution in [1.82, 2.24) is 9.55 Å². The summed E-state index contributed by atoms with van der Waals surface area (Å²) in [4.78, 5) is 53.4. The topological polar surface area (TPSA) is 168 Å². The van der Waals surface area contributed by atoms with E-state index in [9.17, 15) is 24.1 Å². The zero-order valence-corrected chi connectivity index (χ0v) is 13.6. The number of nitrogens with one attached hydrogen (secondary N) is 1. The van der Waals surface area contributed by atoms with Gasteiger partial charge in [-0.25, -0.2) is 13.8 Å². The molecule has 1 aromatic rings. The highest BCUT2D eigenvalue weighted by Crippen LogP contribution is 2.50. The summed E-state index contributed by atoms with van der Waals surface area (Å²) >= 11 is 0. The Hall–Kier alpha value is -1.50. The highest BCUT2D eigenvalue weighted by molar-refractivity contribution is 7.46. The van der Waals surface area contributed by atoms with Crippen molar-refractivity contribution >= 4 is 37.6 Å². The molecule has 4 N–H and O–H groups in total. The average Bonchev–Trinajstić information content (AvgIpc) is 2.68. The lowest BCUT2D eigenvalue weighted by Crippen LogP contribution is -2.56. The van der Waals surface area contributed by atoms with Crippen LogP contribution in [0, 0.1) is 0 Å². The van der Waals surface area contributed by atoms with Gasteiger partial charge in [-0.1, -0.05) is 0 Å². The molecule has 0 aromatic carbocycles. The molecule has 0 bridgehead atoms. The van der Waals surface area contributed by atoms with Crippen LogP contribution in [0.2, 0.25) is 0 Å². The fourth-order valence-electron chi connectivity index (χ4n) is 2.31. The number of phosphoric acid groups is 1. The highest BCUT2D eigenvalue weighted by Gasteiger charge is 2.62. The van der Waals surface area contributed by atoms with Crippen LogP contribution in [0.3, 0.4) is 0 Å². The van der Waals surface area contributed by atoms with Crippen molar-refractivity contribution in [3.8, 4) is 0 Å². The van der Waals surface area contributed by atoms with Crippen LogP contribution in [0.25, 0.3) is 0 Å². The van der Waals surface area contributed by atoms with Gasteiger partial charge in [-0.3, -0.25) is 23.7 Å². The maximum Gasteiger partial charge on any atom is 0.468 e. The number of H-pyrrole nitrogens is 1. The number of aromatic nitrogens is 2. The number of ether oxygens (including phenoxy) is 1. The molecule has 0 unspecified atom stereocenters. The van der Waals surface area contributed by atoms with Crippen molar-refractivity contribution in [2.45, 2.75) is 29.4 Å². The van der Waals surface area contributed by atoms with Gasteiger partial charge in [0.05, 0.1) is 17.1 Å². The lowest BCUT2D eigenvalue weighted by Gasteiger charge is -2.39. The first kappa shape index (κ1) is 20.8. The standard InChI is InChI=1S/C10H9B3FN2O9P/c11-9(16-2-4(3-17)6(19)15-7(16)20)5(18)1-8(14,24-9)10(12,13)25-26(21,22)23/h2-3,5,18H,1H2,(H,15,19,20)(H2,21,22,23)/t5-,8+,9+/m1/s1. The number of hydrogen-bond acceptors (Lipinski definition) is 7. The number of halogens is 1. The summed E-state index contributed by atoms with van der Waals surface area (Å²) < 4.78 is 34.9. The third-order valence-electron chi connectivity index (χ3n) is 3.59. The summed E-state index contributed by atoms with van der Waals surface area (Å²) in [5, 5.41) is 6.77. The predicted octanol–water partition coefficient (Wildman–Crippen LogP) is -3.33. The Kier molecular flexibility index (Phi) is 5.03. The van der Waals surface area contributed by atoms with Gasteiger partial charge in [0.25, 0.3) is 5.56 Å². The Bertz CT molecular complexity index is 900. The summed E-state index contributed by atoms with van der Waals surface area (Å²) in [5.41, 5.74) is -5.74. The molecular formula is C10H9B3FN2O9P. The fraction of sp³-hybridized carbons (Fsp3) is 0.500. The largest absolute Gasteiger partial charge is 0.468 e. The molecule has 0 aliphatic carbocycles. The van der Waals surface area contributed by atoms with Gasteiger partial charge in [-0.05, 0) is 0 Å². The number of alkyl halides is 1. The zero-order valence-electron chi connectivity index (χ0n) is 12.7. The average molecular weight is 384 g/mol. The Morgan fingerprint density at radius 2 is 2.08 bits per heavy atom. The lowest BCUT2D eigenvalue weighted by molar-refractivity contribution is -0.219. The SMILES string of the molecule is [B]C([B])(OP(=O)(O)O)[C@]1(F)C[C@@H](O)[C@]([B])(n2cc(C=O)c(=O)[nH]c2=O)O1. The molecule has 11 nitrogen and oxygen atoms in total. The third-order valence-corrected chi connectivity index (χ3v) is 4.13.